The SMILES string of the molecule is CCCc1noc(CN2CCC(N(CC)S(C)(=O)=O)CC2)n1. The number of rotatable bonds is 7. The maximum absolute atomic E-state index is 11.8. The third kappa shape index (κ3) is 4.50. The lowest BCUT2D eigenvalue weighted by Crippen LogP contribution is -2.46. The van der Waals surface area contributed by atoms with Gasteiger partial charge in [0.25, 0.3) is 0 Å². The van der Waals surface area contributed by atoms with Crippen molar-refractivity contribution in [2.45, 2.75) is 52.1 Å². The Morgan fingerprint density at radius 1 is 1.32 bits per heavy atom. The molecule has 0 N–H and O–H groups in total. The van der Waals surface area contributed by atoms with E-state index in [4.69, 9.17) is 4.52 Å². The van der Waals surface area contributed by atoms with Crippen molar-refractivity contribution < 1.29 is 12.9 Å². The van der Waals surface area contributed by atoms with Gasteiger partial charge >= 0.3 is 0 Å². The van der Waals surface area contributed by atoms with Gasteiger partial charge in [0.15, 0.2) is 5.82 Å². The minimum Gasteiger partial charge on any atom is -0.338 e. The zero-order valence-electron chi connectivity index (χ0n) is 13.7. The Morgan fingerprint density at radius 3 is 2.55 bits per heavy atom. The van der Waals surface area contributed by atoms with Crippen LogP contribution in [0.1, 0.15) is 44.8 Å². The predicted octanol–water partition coefficient (Wildman–Crippen LogP) is 1.27. The molecule has 1 saturated heterocycles. The highest BCUT2D eigenvalue weighted by atomic mass is 32.2. The lowest BCUT2D eigenvalue weighted by molar-refractivity contribution is 0.143. The van der Waals surface area contributed by atoms with E-state index in [-0.39, 0.29) is 6.04 Å². The van der Waals surface area contributed by atoms with Crippen molar-refractivity contribution in [2.75, 3.05) is 25.9 Å². The second-order valence-corrected chi connectivity index (χ2v) is 7.76. The minimum atomic E-state index is -3.12. The molecule has 7 nitrogen and oxygen atoms in total. The molecule has 1 aromatic heterocycles. The number of hydrogen-bond donors (Lipinski definition) is 0. The molecule has 0 saturated carbocycles. The summed E-state index contributed by atoms with van der Waals surface area (Å²) in [6.07, 6.45) is 4.82. The average molecular weight is 330 g/mol. The quantitative estimate of drug-likeness (QED) is 0.749. The van der Waals surface area contributed by atoms with Gasteiger partial charge in [-0.2, -0.15) is 9.29 Å². The molecule has 0 atom stereocenters. The van der Waals surface area contributed by atoms with Gasteiger partial charge in [-0.15, -0.1) is 0 Å². The Kier molecular flexibility index (Phi) is 5.94. The molecule has 2 rings (SSSR count). The molecule has 8 heteroatoms. The van der Waals surface area contributed by atoms with E-state index < -0.39 is 10.0 Å². The molecular weight excluding hydrogens is 304 g/mol. The van der Waals surface area contributed by atoms with Gasteiger partial charge in [-0.25, -0.2) is 8.42 Å². The second-order valence-electron chi connectivity index (χ2n) is 5.83. The lowest BCUT2D eigenvalue weighted by Gasteiger charge is -2.36. The summed E-state index contributed by atoms with van der Waals surface area (Å²) in [6, 6.07) is 0.106. The van der Waals surface area contributed by atoms with E-state index in [1.165, 1.54) is 6.26 Å². The standard InChI is InChI=1S/C14H26N4O3S/c1-4-6-13-15-14(21-16-13)11-17-9-7-12(8-10-17)18(5-2)22(3,19)20/h12H,4-11H2,1-3H3. The summed E-state index contributed by atoms with van der Waals surface area (Å²) in [6.45, 7) is 6.86. The van der Waals surface area contributed by atoms with E-state index in [9.17, 15) is 8.42 Å². The van der Waals surface area contributed by atoms with Crippen LogP contribution in [0.25, 0.3) is 0 Å². The molecule has 22 heavy (non-hydrogen) atoms. The monoisotopic (exact) mass is 330 g/mol. The molecule has 1 aliphatic rings. The van der Waals surface area contributed by atoms with E-state index >= 15 is 0 Å². The van der Waals surface area contributed by atoms with Crippen LogP contribution in [0, 0.1) is 0 Å². The fourth-order valence-electron chi connectivity index (χ4n) is 3.00. The average Bonchev–Trinajstić information content (AvgIpc) is 2.88. The largest absolute Gasteiger partial charge is 0.338 e. The third-order valence-corrected chi connectivity index (χ3v) is 5.45. The van der Waals surface area contributed by atoms with Gasteiger partial charge < -0.3 is 4.52 Å². The molecule has 0 amide bonds. The van der Waals surface area contributed by atoms with Gasteiger partial charge in [-0.1, -0.05) is 19.0 Å². The van der Waals surface area contributed by atoms with Crippen molar-refractivity contribution in [1.29, 1.82) is 0 Å². The topological polar surface area (TPSA) is 79.5 Å². The maximum atomic E-state index is 11.8. The summed E-state index contributed by atoms with van der Waals surface area (Å²) in [7, 11) is -3.12. The Balaban J connectivity index is 1.86. The van der Waals surface area contributed by atoms with Crippen molar-refractivity contribution in [1.82, 2.24) is 19.3 Å². The molecule has 0 aliphatic carbocycles. The number of hydrogen-bond acceptors (Lipinski definition) is 6. The highest BCUT2D eigenvalue weighted by Gasteiger charge is 2.29. The zero-order chi connectivity index (χ0) is 16.2. The van der Waals surface area contributed by atoms with Crippen LogP contribution in [0.15, 0.2) is 4.52 Å². The number of piperidine rings is 1. The first-order valence-electron chi connectivity index (χ1n) is 7.94. The van der Waals surface area contributed by atoms with E-state index in [1.54, 1.807) is 4.31 Å². The smallest absolute Gasteiger partial charge is 0.240 e. The molecule has 2 heterocycles. The summed E-state index contributed by atoms with van der Waals surface area (Å²) >= 11 is 0. The molecule has 0 aromatic carbocycles. The van der Waals surface area contributed by atoms with Crippen LogP contribution in [0.2, 0.25) is 0 Å². The van der Waals surface area contributed by atoms with Crippen LogP contribution in [0.5, 0.6) is 0 Å². The van der Waals surface area contributed by atoms with E-state index in [2.05, 4.69) is 22.0 Å². The molecule has 1 aromatic rings. The highest BCUT2D eigenvalue weighted by Crippen LogP contribution is 2.20. The number of aromatic nitrogens is 2. The minimum absolute atomic E-state index is 0.106. The van der Waals surface area contributed by atoms with Gasteiger partial charge in [-0.05, 0) is 19.3 Å². The summed E-state index contributed by atoms with van der Waals surface area (Å²) in [4.78, 5) is 6.62. The summed E-state index contributed by atoms with van der Waals surface area (Å²) in [5, 5.41) is 3.96. The first kappa shape index (κ1) is 17.4. The van der Waals surface area contributed by atoms with Crippen LogP contribution in [-0.2, 0) is 23.0 Å². The van der Waals surface area contributed by atoms with Gasteiger partial charge in [0.1, 0.15) is 0 Å². The van der Waals surface area contributed by atoms with Crippen molar-refractivity contribution in [2.24, 2.45) is 0 Å². The number of sulfonamides is 1. The lowest BCUT2D eigenvalue weighted by atomic mass is 10.1. The number of aryl methyl sites for hydroxylation is 1. The third-order valence-electron chi connectivity index (χ3n) is 4.04. The Labute approximate surface area is 132 Å². The normalized spacial score (nSPS) is 18.2. The molecule has 1 fully saturated rings. The van der Waals surface area contributed by atoms with Gasteiger partial charge in [0, 0.05) is 32.1 Å². The molecule has 0 spiro atoms. The Bertz CT molecular complexity index is 564. The zero-order valence-corrected chi connectivity index (χ0v) is 14.5. The second kappa shape index (κ2) is 7.52. The summed E-state index contributed by atoms with van der Waals surface area (Å²) < 4.78 is 30.4. The molecule has 0 unspecified atom stereocenters. The highest BCUT2D eigenvalue weighted by molar-refractivity contribution is 7.88. The predicted molar refractivity (Wildman–Crippen MR) is 83.8 cm³/mol. The molecule has 0 bridgehead atoms. The van der Waals surface area contributed by atoms with E-state index in [0.717, 1.165) is 44.6 Å². The Hall–Kier alpha value is -0.990. The number of likely N-dealkylation sites (tertiary alicyclic amines) is 1. The van der Waals surface area contributed by atoms with Crippen molar-refractivity contribution >= 4 is 10.0 Å². The molecule has 0 radical (unpaired) electrons. The molecule has 126 valence electrons. The fraction of sp³-hybridized carbons (Fsp3) is 0.857. The van der Waals surface area contributed by atoms with Crippen LogP contribution in [0.4, 0.5) is 0 Å². The fourth-order valence-corrected chi connectivity index (χ4v) is 4.22. The van der Waals surface area contributed by atoms with Gasteiger partial charge in [0.05, 0.1) is 12.8 Å². The van der Waals surface area contributed by atoms with Gasteiger partial charge in [-0.3, -0.25) is 4.90 Å². The van der Waals surface area contributed by atoms with Crippen LogP contribution < -0.4 is 0 Å². The van der Waals surface area contributed by atoms with E-state index in [0.29, 0.717) is 19.0 Å². The van der Waals surface area contributed by atoms with Crippen LogP contribution >= 0.6 is 0 Å². The number of nitrogens with zero attached hydrogens (tertiary/aromatic N) is 4. The Morgan fingerprint density at radius 2 is 2.00 bits per heavy atom. The van der Waals surface area contributed by atoms with Crippen molar-refractivity contribution in [3.05, 3.63) is 11.7 Å². The van der Waals surface area contributed by atoms with Gasteiger partial charge in [0.2, 0.25) is 15.9 Å². The molecular formula is C14H26N4O3S. The van der Waals surface area contributed by atoms with E-state index in [1.807, 2.05) is 6.92 Å². The summed E-state index contributed by atoms with van der Waals surface area (Å²) in [5.74, 6) is 1.42. The first-order valence-corrected chi connectivity index (χ1v) is 9.79. The summed E-state index contributed by atoms with van der Waals surface area (Å²) in [5.41, 5.74) is 0. The molecule has 1 aliphatic heterocycles. The van der Waals surface area contributed by atoms with Crippen LogP contribution in [-0.4, -0.2) is 59.7 Å². The maximum Gasteiger partial charge on any atom is 0.240 e. The van der Waals surface area contributed by atoms with Crippen molar-refractivity contribution in [3.63, 3.8) is 0 Å². The van der Waals surface area contributed by atoms with Crippen LogP contribution in [0.3, 0.4) is 0 Å². The first-order chi connectivity index (χ1) is 10.4. The van der Waals surface area contributed by atoms with Crippen molar-refractivity contribution in [3.8, 4) is 0 Å².